The maximum absolute atomic E-state index is 6.53. The molecule has 6 heteroatoms. The van der Waals surface area contributed by atoms with Crippen molar-refractivity contribution >= 4 is 54.6 Å². The minimum absolute atomic E-state index is 0.553. The summed E-state index contributed by atoms with van der Waals surface area (Å²) in [7, 11) is 0. The third-order valence-electron chi connectivity index (χ3n) is 9.04. The van der Waals surface area contributed by atoms with Crippen molar-refractivity contribution in [1.29, 1.82) is 0 Å². The van der Waals surface area contributed by atoms with Crippen LogP contribution in [0.15, 0.2) is 155 Å². The Morgan fingerprint density at radius 2 is 1.12 bits per heavy atom. The summed E-state index contributed by atoms with van der Waals surface area (Å²) in [6.45, 7) is 0. The van der Waals surface area contributed by atoms with Crippen LogP contribution in [0.2, 0.25) is 0 Å². The first-order chi connectivity index (χ1) is 23.8. The van der Waals surface area contributed by atoms with Crippen LogP contribution in [0.25, 0.3) is 99.9 Å². The molecule has 10 aromatic rings. The van der Waals surface area contributed by atoms with E-state index in [1.54, 1.807) is 12.4 Å². The summed E-state index contributed by atoms with van der Waals surface area (Å²) < 4.78 is 12.8. The number of nitrogens with zero attached hydrogens (tertiary/aromatic N) is 4. The molecule has 0 aliphatic rings. The van der Waals surface area contributed by atoms with Gasteiger partial charge in [-0.25, -0.2) is 15.0 Å². The Kier molecular flexibility index (Phi) is 5.77. The lowest BCUT2D eigenvalue weighted by molar-refractivity contribution is 0.668. The lowest BCUT2D eigenvalue weighted by Crippen LogP contribution is -2.01. The largest absolute Gasteiger partial charge is 0.456 e. The van der Waals surface area contributed by atoms with E-state index >= 15 is 0 Å². The number of hydrogen-bond donors (Lipinski definition) is 0. The fraction of sp³-hybridized carbons (Fsp3) is 0. The predicted octanol–water partition coefficient (Wildman–Crippen LogP) is 10.9. The van der Waals surface area contributed by atoms with E-state index in [9.17, 15) is 0 Å². The summed E-state index contributed by atoms with van der Waals surface area (Å²) in [4.78, 5) is 19.9. The van der Waals surface area contributed by atoms with Gasteiger partial charge in [0.15, 0.2) is 23.1 Å². The molecule has 0 unspecified atom stereocenters. The molecular weight excluding hydrogens is 592 g/mol. The van der Waals surface area contributed by atoms with Crippen LogP contribution < -0.4 is 0 Å². The SMILES string of the molecule is c1ccc(-c2ccc(-c3nc(-c4ccc5ccccc5c4)nc(-c4cccc5oc6ccccc6c45)n3)c3c2oc2cnccc23)cc1. The Morgan fingerprint density at radius 3 is 2.02 bits per heavy atom. The zero-order valence-corrected chi connectivity index (χ0v) is 25.5. The second kappa shape index (κ2) is 10.4. The third kappa shape index (κ3) is 4.13. The predicted molar refractivity (Wildman–Crippen MR) is 191 cm³/mol. The number of furan rings is 2. The average molecular weight is 617 g/mol. The van der Waals surface area contributed by atoms with E-state index in [0.717, 1.165) is 76.9 Å². The van der Waals surface area contributed by atoms with Crippen molar-refractivity contribution in [3.05, 3.63) is 146 Å². The quantitative estimate of drug-likeness (QED) is 0.196. The number of benzene rings is 6. The molecule has 0 aliphatic heterocycles. The highest BCUT2D eigenvalue weighted by Crippen LogP contribution is 2.42. The van der Waals surface area contributed by atoms with Gasteiger partial charge >= 0.3 is 0 Å². The first kappa shape index (κ1) is 26.5. The van der Waals surface area contributed by atoms with Gasteiger partial charge in [-0.3, -0.25) is 4.98 Å². The van der Waals surface area contributed by atoms with E-state index in [2.05, 4.69) is 71.7 Å². The molecule has 4 heterocycles. The van der Waals surface area contributed by atoms with Crippen LogP contribution in [-0.2, 0) is 0 Å². The zero-order valence-electron chi connectivity index (χ0n) is 25.5. The number of para-hydroxylation sites is 1. The summed E-state index contributed by atoms with van der Waals surface area (Å²) in [5.74, 6) is 1.70. The van der Waals surface area contributed by atoms with Gasteiger partial charge in [-0.05, 0) is 52.7 Å². The first-order valence-corrected chi connectivity index (χ1v) is 15.8. The summed E-state index contributed by atoms with van der Waals surface area (Å²) in [6, 6.07) is 45.2. The second-order valence-electron chi connectivity index (χ2n) is 11.8. The van der Waals surface area contributed by atoms with Gasteiger partial charge < -0.3 is 8.83 Å². The van der Waals surface area contributed by atoms with Crippen molar-refractivity contribution in [3.63, 3.8) is 0 Å². The Morgan fingerprint density at radius 1 is 0.417 bits per heavy atom. The van der Waals surface area contributed by atoms with E-state index in [1.807, 2.05) is 66.7 Å². The van der Waals surface area contributed by atoms with E-state index in [-0.39, 0.29) is 0 Å². The van der Waals surface area contributed by atoms with Crippen LogP contribution in [0.1, 0.15) is 0 Å². The molecule has 4 aromatic heterocycles. The zero-order chi connectivity index (χ0) is 31.6. The maximum atomic E-state index is 6.53. The normalized spacial score (nSPS) is 11.8. The molecule has 0 atom stereocenters. The van der Waals surface area contributed by atoms with Crippen molar-refractivity contribution in [2.24, 2.45) is 0 Å². The molecule has 0 N–H and O–H groups in total. The fourth-order valence-electron chi connectivity index (χ4n) is 6.80. The second-order valence-corrected chi connectivity index (χ2v) is 11.8. The van der Waals surface area contributed by atoms with Crippen molar-refractivity contribution in [2.75, 3.05) is 0 Å². The Bertz CT molecular complexity index is 2850. The molecule has 48 heavy (non-hydrogen) atoms. The highest BCUT2D eigenvalue weighted by molar-refractivity contribution is 6.16. The van der Waals surface area contributed by atoms with Crippen molar-refractivity contribution in [2.45, 2.75) is 0 Å². The van der Waals surface area contributed by atoms with Crippen molar-refractivity contribution < 1.29 is 8.83 Å². The standard InChI is InChI=1S/C42H24N4O2/c1-2-10-26(11-3-1)29-19-20-33(38-31-21-22-43-24-36(31)48-39(29)38)42-45-40(28-18-17-25-9-4-5-12-27(25)23-28)44-41(46-42)32-14-8-16-35-37(32)30-13-6-7-15-34(30)47-35/h1-24H. The highest BCUT2D eigenvalue weighted by atomic mass is 16.3. The molecule has 0 saturated carbocycles. The van der Waals surface area contributed by atoms with Crippen LogP contribution in [0, 0.1) is 0 Å². The monoisotopic (exact) mass is 616 g/mol. The average Bonchev–Trinajstić information content (AvgIpc) is 3.74. The van der Waals surface area contributed by atoms with Gasteiger partial charge in [0, 0.05) is 50.0 Å². The minimum Gasteiger partial charge on any atom is -0.456 e. The van der Waals surface area contributed by atoms with E-state index in [4.69, 9.17) is 23.8 Å². The Labute approximate surface area is 274 Å². The maximum Gasteiger partial charge on any atom is 0.164 e. The smallest absolute Gasteiger partial charge is 0.164 e. The summed E-state index contributed by atoms with van der Waals surface area (Å²) in [5.41, 5.74) is 7.76. The molecule has 0 radical (unpaired) electrons. The van der Waals surface area contributed by atoms with Gasteiger partial charge in [0.25, 0.3) is 0 Å². The molecule has 0 saturated heterocycles. The van der Waals surface area contributed by atoms with Crippen molar-refractivity contribution in [3.8, 4) is 45.3 Å². The molecule has 0 amide bonds. The molecular formula is C42H24N4O2. The first-order valence-electron chi connectivity index (χ1n) is 15.8. The van der Waals surface area contributed by atoms with Crippen LogP contribution in [-0.4, -0.2) is 19.9 Å². The lowest BCUT2D eigenvalue weighted by atomic mass is 9.98. The molecule has 224 valence electrons. The van der Waals surface area contributed by atoms with E-state index in [0.29, 0.717) is 23.1 Å². The van der Waals surface area contributed by atoms with Crippen molar-refractivity contribution in [1.82, 2.24) is 19.9 Å². The van der Waals surface area contributed by atoms with Crippen LogP contribution in [0.3, 0.4) is 0 Å². The number of fused-ring (bicyclic) bond motifs is 7. The molecule has 0 fully saturated rings. The van der Waals surface area contributed by atoms with E-state index in [1.165, 1.54) is 0 Å². The van der Waals surface area contributed by atoms with Gasteiger partial charge in [0.1, 0.15) is 16.7 Å². The number of aromatic nitrogens is 4. The minimum atomic E-state index is 0.553. The van der Waals surface area contributed by atoms with Crippen LogP contribution in [0.5, 0.6) is 0 Å². The van der Waals surface area contributed by atoms with E-state index < -0.39 is 0 Å². The summed E-state index contributed by atoms with van der Waals surface area (Å²) >= 11 is 0. The number of rotatable bonds is 4. The van der Waals surface area contributed by atoms with Gasteiger partial charge in [0.05, 0.1) is 6.20 Å². The number of hydrogen-bond acceptors (Lipinski definition) is 6. The fourth-order valence-corrected chi connectivity index (χ4v) is 6.80. The van der Waals surface area contributed by atoms with Gasteiger partial charge in [0.2, 0.25) is 0 Å². The molecule has 6 aromatic carbocycles. The Balaban J connectivity index is 1.29. The molecule has 0 bridgehead atoms. The van der Waals surface area contributed by atoms with Gasteiger partial charge in [-0.15, -0.1) is 0 Å². The third-order valence-corrected chi connectivity index (χ3v) is 9.04. The lowest BCUT2D eigenvalue weighted by Gasteiger charge is -2.11. The van der Waals surface area contributed by atoms with Crippen LogP contribution >= 0.6 is 0 Å². The highest BCUT2D eigenvalue weighted by Gasteiger charge is 2.22. The van der Waals surface area contributed by atoms with Crippen LogP contribution in [0.4, 0.5) is 0 Å². The molecule has 10 rings (SSSR count). The number of pyridine rings is 1. The summed E-state index contributed by atoms with van der Waals surface area (Å²) in [5, 5.41) is 6.14. The molecule has 0 spiro atoms. The van der Waals surface area contributed by atoms with Gasteiger partial charge in [-0.1, -0.05) is 97.1 Å². The summed E-state index contributed by atoms with van der Waals surface area (Å²) in [6.07, 6.45) is 3.55. The molecule has 6 nitrogen and oxygen atoms in total. The molecule has 0 aliphatic carbocycles. The van der Waals surface area contributed by atoms with Gasteiger partial charge in [-0.2, -0.15) is 0 Å². The topological polar surface area (TPSA) is 77.8 Å². The Hall–Kier alpha value is -6.66.